The monoisotopic (exact) mass is 387 g/mol. The predicted molar refractivity (Wildman–Crippen MR) is 110 cm³/mol. The zero-order chi connectivity index (χ0) is 20.4. The maximum Gasteiger partial charge on any atom is 0.244 e. The number of halogens is 1. The Morgan fingerprint density at radius 3 is 2.48 bits per heavy atom. The van der Waals surface area contributed by atoms with Crippen LogP contribution < -0.4 is 11.1 Å². The highest BCUT2D eigenvalue weighted by molar-refractivity contribution is 5.98. The van der Waals surface area contributed by atoms with E-state index in [1.165, 1.54) is 18.2 Å². The third kappa shape index (κ3) is 3.58. The van der Waals surface area contributed by atoms with Crippen molar-refractivity contribution in [2.24, 2.45) is 0 Å². The molecule has 0 aliphatic heterocycles. The summed E-state index contributed by atoms with van der Waals surface area (Å²) in [7, 11) is 1.57. The molecule has 0 radical (unpaired) electrons. The summed E-state index contributed by atoms with van der Waals surface area (Å²) in [4.78, 5) is 16.4. The van der Waals surface area contributed by atoms with E-state index in [0.29, 0.717) is 28.2 Å². The van der Waals surface area contributed by atoms with Crippen LogP contribution in [0, 0.1) is 5.82 Å². The SMILES string of the molecule is CNC(=O)/C=C(\c1ccccc1)c1ccc2nc(N)c(-c3ccc(F)cc3)n2n1. The average molecular weight is 387 g/mol. The normalized spacial score (nSPS) is 11.6. The van der Waals surface area contributed by atoms with Crippen LogP contribution in [-0.2, 0) is 4.79 Å². The lowest BCUT2D eigenvalue weighted by Gasteiger charge is -2.09. The number of hydrogen-bond donors (Lipinski definition) is 2. The van der Waals surface area contributed by atoms with Gasteiger partial charge in [0.05, 0.1) is 5.69 Å². The number of carbonyl (C=O) groups excluding carboxylic acids is 1. The maximum absolute atomic E-state index is 13.3. The van der Waals surface area contributed by atoms with E-state index in [-0.39, 0.29) is 17.5 Å². The molecular weight excluding hydrogens is 369 g/mol. The quantitative estimate of drug-likeness (QED) is 0.526. The molecule has 0 aliphatic carbocycles. The van der Waals surface area contributed by atoms with Crippen LogP contribution in [0.15, 0.2) is 72.8 Å². The number of aromatic nitrogens is 3. The van der Waals surface area contributed by atoms with Crippen LogP contribution in [0.3, 0.4) is 0 Å². The van der Waals surface area contributed by atoms with E-state index in [0.717, 1.165) is 5.56 Å². The number of benzene rings is 2. The smallest absolute Gasteiger partial charge is 0.244 e. The number of nitrogens with one attached hydrogen (secondary N) is 1. The first-order chi connectivity index (χ1) is 14.1. The number of likely N-dealkylation sites (N-methyl/N-ethyl adjacent to an activating group) is 1. The van der Waals surface area contributed by atoms with Gasteiger partial charge in [-0.15, -0.1) is 0 Å². The lowest BCUT2D eigenvalue weighted by molar-refractivity contribution is -0.116. The Morgan fingerprint density at radius 2 is 1.79 bits per heavy atom. The minimum Gasteiger partial charge on any atom is -0.382 e. The second kappa shape index (κ2) is 7.55. The fourth-order valence-electron chi connectivity index (χ4n) is 3.10. The third-order valence-corrected chi connectivity index (χ3v) is 4.50. The molecule has 1 amide bonds. The highest BCUT2D eigenvalue weighted by Gasteiger charge is 2.16. The van der Waals surface area contributed by atoms with Gasteiger partial charge in [0.15, 0.2) is 11.5 Å². The molecule has 0 atom stereocenters. The molecule has 6 nitrogen and oxygen atoms in total. The summed E-state index contributed by atoms with van der Waals surface area (Å²) in [6.45, 7) is 0. The Hall–Kier alpha value is -4.00. The van der Waals surface area contributed by atoms with Gasteiger partial charge in [-0.3, -0.25) is 4.79 Å². The topological polar surface area (TPSA) is 85.3 Å². The second-order valence-corrected chi connectivity index (χ2v) is 6.38. The van der Waals surface area contributed by atoms with E-state index in [2.05, 4.69) is 10.3 Å². The lowest BCUT2D eigenvalue weighted by atomic mass is 10.0. The Bertz CT molecular complexity index is 1210. The van der Waals surface area contributed by atoms with Gasteiger partial charge in [-0.2, -0.15) is 5.10 Å². The fourth-order valence-corrected chi connectivity index (χ4v) is 3.10. The van der Waals surface area contributed by atoms with E-state index < -0.39 is 0 Å². The highest BCUT2D eigenvalue weighted by atomic mass is 19.1. The van der Waals surface area contributed by atoms with Crippen LogP contribution in [0.25, 0.3) is 22.5 Å². The molecule has 3 N–H and O–H groups in total. The summed E-state index contributed by atoms with van der Waals surface area (Å²) >= 11 is 0. The first-order valence-corrected chi connectivity index (χ1v) is 8.97. The molecule has 2 heterocycles. The number of fused-ring (bicyclic) bond motifs is 1. The zero-order valence-corrected chi connectivity index (χ0v) is 15.6. The number of hydrogen-bond acceptors (Lipinski definition) is 4. The molecule has 4 rings (SSSR count). The highest BCUT2D eigenvalue weighted by Crippen LogP contribution is 2.28. The lowest BCUT2D eigenvalue weighted by Crippen LogP contribution is -2.15. The Labute approximate surface area is 166 Å². The van der Waals surface area contributed by atoms with Crippen LogP contribution in [0.5, 0.6) is 0 Å². The van der Waals surface area contributed by atoms with Gasteiger partial charge in [-0.1, -0.05) is 30.3 Å². The van der Waals surface area contributed by atoms with Crippen LogP contribution >= 0.6 is 0 Å². The summed E-state index contributed by atoms with van der Waals surface area (Å²) in [5, 5.41) is 7.29. The molecule has 0 aliphatic rings. The molecule has 7 heteroatoms. The summed E-state index contributed by atoms with van der Waals surface area (Å²) in [6, 6.07) is 19.1. The summed E-state index contributed by atoms with van der Waals surface area (Å²) < 4.78 is 15.0. The standard InChI is InChI=1S/C22H18FN5O/c1-25-20(29)13-17(14-5-3-2-4-6-14)18-11-12-19-26-22(24)21(28(19)27-18)15-7-9-16(23)10-8-15/h2-13H,24H2,1H3,(H,25,29)/b17-13+. The van der Waals surface area contributed by atoms with Gasteiger partial charge in [-0.25, -0.2) is 13.9 Å². The van der Waals surface area contributed by atoms with Gasteiger partial charge in [0.25, 0.3) is 0 Å². The van der Waals surface area contributed by atoms with E-state index in [1.807, 2.05) is 30.3 Å². The summed E-state index contributed by atoms with van der Waals surface area (Å²) in [5.41, 5.74) is 10.0. The molecule has 0 saturated carbocycles. The predicted octanol–water partition coefficient (Wildman–Crippen LogP) is 3.30. The van der Waals surface area contributed by atoms with Crippen molar-refractivity contribution in [1.29, 1.82) is 0 Å². The first kappa shape index (κ1) is 18.4. The van der Waals surface area contributed by atoms with Crippen LogP contribution in [0.1, 0.15) is 11.3 Å². The van der Waals surface area contributed by atoms with Crippen molar-refractivity contribution in [3.05, 3.63) is 89.9 Å². The van der Waals surface area contributed by atoms with Crippen LogP contribution in [0.2, 0.25) is 0 Å². The average Bonchev–Trinajstić information content (AvgIpc) is 3.08. The molecule has 0 saturated heterocycles. The number of nitrogens with two attached hydrogens (primary N) is 1. The van der Waals surface area contributed by atoms with E-state index >= 15 is 0 Å². The molecule has 0 unspecified atom stereocenters. The third-order valence-electron chi connectivity index (χ3n) is 4.50. The van der Waals surface area contributed by atoms with Crippen molar-refractivity contribution in [2.45, 2.75) is 0 Å². The summed E-state index contributed by atoms with van der Waals surface area (Å²) in [6.07, 6.45) is 1.50. The van der Waals surface area contributed by atoms with Gasteiger partial charge in [0, 0.05) is 24.3 Å². The number of amides is 1. The second-order valence-electron chi connectivity index (χ2n) is 6.38. The van der Waals surface area contributed by atoms with Crippen LogP contribution in [0.4, 0.5) is 10.2 Å². The van der Waals surface area contributed by atoms with Gasteiger partial charge in [0.1, 0.15) is 11.5 Å². The molecule has 4 aromatic rings. The van der Waals surface area contributed by atoms with Crippen molar-refractivity contribution in [3.8, 4) is 11.3 Å². The van der Waals surface area contributed by atoms with E-state index in [1.54, 1.807) is 35.8 Å². The molecule has 144 valence electrons. The van der Waals surface area contributed by atoms with Gasteiger partial charge < -0.3 is 11.1 Å². The number of rotatable bonds is 4. The fraction of sp³-hybridized carbons (Fsp3) is 0.0455. The number of imidazole rings is 1. The zero-order valence-electron chi connectivity index (χ0n) is 15.6. The molecule has 0 fully saturated rings. The molecule has 29 heavy (non-hydrogen) atoms. The van der Waals surface area contributed by atoms with Gasteiger partial charge in [0.2, 0.25) is 5.91 Å². The van der Waals surface area contributed by atoms with E-state index in [4.69, 9.17) is 10.8 Å². The number of nitrogens with zero attached hydrogens (tertiary/aromatic N) is 3. The van der Waals surface area contributed by atoms with E-state index in [9.17, 15) is 9.18 Å². The van der Waals surface area contributed by atoms with Crippen molar-refractivity contribution in [1.82, 2.24) is 19.9 Å². The largest absolute Gasteiger partial charge is 0.382 e. The van der Waals surface area contributed by atoms with Crippen LogP contribution in [-0.4, -0.2) is 27.6 Å². The Balaban J connectivity index is 1.91. The number of carbonyl (C=O) groups is 1. The van der Waals surface area contributed by atoms with Crippen molar-refractivity contribution < 1.29 is 9.18 Å². The number of anilines is 1. The van der Waals surface area contributed by atoms with Gasteiger partial charge in [-0.05, 0) is 42.0 Å². The molecular formula is C22H18FN5O. The molecule has 2 aromatic heterocycles. The first-order valence-electron chi connectivity index (χ1n) is 8.97. The van der Waals surface area contributed by atoms with Gasteiger partial charge >= 0.3 is 0 Å². The molecule has 0 spiro atoms. The number of nitrogen functional groups attached to an aromatic ring is 1. The maximum atomic E-state index is 13.3. The molecule has 0 bridgehead atoms. The Kier molecular flexibility index (Phi) is 4.78. The van der Waals surface area contributed by atoms with Crippen molar-refractivity contribution in [3.63, 3.8) is 0 Å². The van der Waals surface area contributed by atoms with Crippen molar-refractivity contribution in [2.75, 3.05) is 12.8 Å². The van der Waals surface area contributed by atoms with Crippen molar-refractivity contribution >= 4 is 22.9 Å². The Morgan fingerprint density at radius 1 is 1.07 bits per heavy atom. The minimum absolute atomic E-state index is 0.241. The molecule has 2 aromatic carbocycles. The summed E-state index contributed by atoms with van der Waals surface area (Å²) in [5.74, 6) is -0.290. The minimum atomic E-state index is -0.338.